The molecule has 3 aromatic rings. The first-order valence-corrected chi connectivity index (χ1v) is 11.4. The zero-order valence-corrected chi connectivity index (χ0v) is 20.9. The molecule has 4 rings (SSSR count). The molecule has 1 N–H and O–H groups in total. The molecule has 1 aromatic heterocycles. The molecule has 1 fully saturated rings. The molecule has 7 nitrogen and oxygen atoms in total. The van der Waals surface area contributed by atoms with Crippen LogP contribution in [0.4, 0.5) is 5.69 Å². The molecule has 0 unspecified atom stereocenters. The molecule has 1 aliphatic rings. The van der Waals surface area contributed by atoms with Gasteiger partial charge in [0.2, 0.25) is 0 Å². The largest absolute Gasteiger partial charge is 0.465 e. The number of aryl methyl sites for hydroxylation is 2. The third-order valence-corrected chi connectivity index (χ3v) is 6.46. The molecule has 1 aliphatic heterocycles. The molecule has 8 heteroatoms. The van der Waals surface area contributed by atoms with Gasteiger partial charge < -0.3 is 9.30 Å². The number of methoxy groups -OCH3 is 1. The van der Waals surface area contributed by atoms with E-state index < -0.39 is 17.8 Å². The summed E-state index contributed by atoms with van der Waals surface area (Å²) in [6, 6.07) is 14.7. The Labute approximate surface area is 209 Å². The van der Waals surface area contributed by atoms with E-state index in [1.54, 1.807) is 24.3 Å². The van der Waals surface area contributed by atoms with Crippen molar-refractivity contribution in [3.8, 4) is 5.69 Å². The van der Waals surface area contributed by atoms with Crippen molar-refractivity contribution in [2.24, 2.45) is 0 Å². The van der Waals surface area contributed by atoms with Gasteiger partial charge in [0.1, 0.15) is 5.57 Å². The SMILES string of the molecule is COC(=O)c1cccc(-n2c(C)cc(/C=C3\C(=O)NC(=S)N(c4ccccc4C)C3=O)c2C)c1C. The van der Waals surface area contributed by atoms with Crippen LogP contribution < -0.4 is 10.2 Å². The number of nitrogens with one attached hydrogen (secondary N) is 1. The Morgan fingerprint density at radius 2 is 1.69 bits per heavy atom. The van der Waals surface area contributed by atoms with E-state index in [2.05, 4.69) is 5.32 Å². The summed E-state index contributed by atoms with van der Waals surface area (Å²) in [6.07, 6.45) is 1.59. The number of amides is 2. The van der Waals surface area contributed by atoms with Gasteiger partial charge in [0.25, 0.3) is 11.8 Å². The van der Waals surface area contributed by atoms with Gasteiger partial charge in [0.05, 0.1) is 18.4 Å². The van der Waals surface area contributed by atoms with Gasteiger partial charge >= 0.3 is 5.97 Å². The third-order valence-electron chi connectivity index (χ3n) is 6.18. The van der Waals surface area contributed by atoms with Crippen molar-refractivity contribution >= 4 is 46.9 Å². The monoisotopic (exact) mass is 487 g/mol. The molecule has 2 aromatic carbocycles. The summed E-state index contributed by atoms with van der Waals surface area (Å²) >= 11 is 5.32. The lowest BCUT2D eigenvalue weighted by atomic mass is 10.1. The van der Waals surface area contributed by atoms with Crippen molar-refractivity contribution in [3.63, 3.8) is 0 Å². The Morgan fingerprint density at radius 3 is 2.37 bits per heavy atom. The number of nitrogens with zero attached hydrogens (tertiary/aromatic N) is 2. The smallest absolute Gasteiger partial charge is 0.338 e. The number of hydrogen-bond acceptors (Lipinski definition) is 5. The van der Waals surface area contributed by atoms with Gasteiger partial charge in [-0.25, -0.2) is 4.79 Å². The molecule has 2 heterocycles. The maximum atomic E-state index is 13.4. The lowest BCUT2D eigenvalue weighted by Crippen LogP contribution is -2.54. The molecule has 0 bridgehead atoms. The maximum Gasteiger partial charge on any atom is 0.338 e. The van der Waals surface area contributed by atoms with Crippen LogP contribution in [-0.2, 0) is 14.3 Å². The normalized spacial score (nSPS) is 14.9. The van der Waals surface area contributed by atoms with Gasteiger partial charge in [-0.3, -0.25) is 19.8 Å². The van der Waals surface area contributed by atoms with E-state index in [0.717, 1.165) is 28.2 Å². The Hall–Kier alpha value is -4.04. The number of esters is 1. The second-order valence-electron chi connectivity index (χ2n) is 8.35. The standard InChI is InChI=1S/C27H25N3O4S/c1-15-9-6-7-11-22(15)30-25(32)21(24(31)28-27(30)35)14-19-13-16(2)29(18(19)4)23-12-8-10-20(17(23)3)26(33)34-5/h6-14H,1-5H3,(H,28,31,35)/b21-14+. The first-order chi connectivity index (χ1) is 16.6. The summed E-state index contributed by atoms with van der Waals surface area (Å²) in [5.41, 5.74) is 5.93. The third kappa shape index (κ3) is 4.17. The summed E-state index contributed by atoms with van der Waals surface area (Å²) in [7, 11) is 1.35. The predicted octanol–water partition coefficient (Wildman–Crippen LogP) is 4.33. The lowest BCUT2D eigenvalue weighted by Gasteiger charge is -2.30. The van der Waals surface area contributed by atoms with Crippen molar-refractivity contribution in [2.45, 2.75) is 27.7 Å². The minimum absolute atomic E-state index is 0.0119. The Morgan fingerprint density at radius 1 is 1.00 bits per heavy atom. The molecule has 0 atom stereocenters. The summed E-state index contributed by atoms with van der Waals surface area (Å²) < 4.78 is 6.90. The number of para-hydroxylation sites is 1. The van der Waals surface area contributed by atoms with E-state index in [4.69, 9.17) is 17.0 Å². The van der Waals surface area contributed by atoms with Gasteiger partial charge in [-0.15, -0.1) is 0 Å². The van der Waals surface area contributed by atoms with Crippen LogP contribution >= 0.6 is 12.2 Å². The van der Waals surface area contributed by atoms with Crippen LogP contribution in [0.25, 0.3) is 11.8 Å². The zero-order chi connectivity index (χ0) is 25.4. The van der Waals surface area contributed by atoms with Crippen LogP contribution in [0.1, 0.15) is 38.4 Å². The summed E-state index contributed by atoms with van der Waals surface area (Å²) in [5.74, 6) is -1.44. The summed E-state index contributed by atoms with van der Waals surface area (Å²) in [5, 5.41) is 2.68. The van der Waals surface area contributed by atoms with E-state index in [9.17, 15) is 14.4 Å². The van der Waals surface area contributed by atoms with Crippen LogP contribution in [0.2, 0.25) is 0 Å². The Bertz CT molecular complexity index is 1430. The van der Waals surface area contributed by atoms with Gasteiger partial charge in [-0.2, -0.15) is 0 Å². The molecular formula is C27H25N3O4S. The quantitative estimate of drug-likeness (QED) is 0.256. The van der Waals surface area contributed by atoms with E-state index in [1.165, 1.54) is 12.0 Å². The molecule has 2 amide bonds. The molecule has 178 valence electrons. The number of carbonyl (C=O) groups excluding carboxylic acids is 3. The van der Waals surface area contributed by atoms with Crippen molar-refractivity contribution < 1.29 is 19.1 Å². The minimum Gasteiger partial charge on any atom is -0.465 e. The Kier molecular flexibility index (Phi) is 6.41. The van der Waals surface area contributed by atoms with Crippen molar-refractivity contribution in [1.29, 1.82) is 0 Å². The molecule has 0 spiro atoms. The first-order valence-electron chi connectivity index (χ1n) is 11.0. The number of carbonyl (C=O) groups is 3. The topological polar surface area (TPSA) is 80.6 Å². The molecule has 0 saturated carbocycles. The Balaban J connectivity index is 1.80. The van der Waals surface area contributed by atoms with Gasteiger partial charge in [-0.05, 0) is 86.9 Å². The number of rotatable bonds is 4. The fourth-order valence-corrected chi connectivity index (χ4v) is 4.62. The molecule has 0 radical (unpaired) electrons. The molecular weight excluding hydrogens is 462 g/mol. The fraction of sp³-hybridized carbons (Fsp3) is 0.185. The summed E-state index contributed by atoms with van der Waals surface area (Å²) in [6.45, 7) is 7.57. The van der Waals surface area contributed by atoms with E-state index in [1.807, 2.05) is 62.6 Å². The zero-order valence-electron chi connectivity index (χ0n) is 20.1. The summed E-state index contributed by atoms with van der Waals surface area (Å²) in [4.78, 5) is 39.8. The van der Waals surface area contributed by atoms with Gasteiger partial charge in [0, 0.05) is 17.1 Å². The first kappa shape index (κ1) is 24.1. The second kappa shape index (κ2) is 9.31. The number of anilines is 1. The molecule has 0 aliphatic carbocycles. The van der Waals surface area contributed by atoms with Crippen LogP contribution in [0.3, 0.4) is 0 Å². The number of ether oxygens (including phenoxy) is 1. The molecule has 35 heavy (non-hydrogen) atoms. The fourth-order valence-electron chi connectivity index (χ4n) is 4.35. The van der Waals surface area contributed by atoms with Crippen molar-refractivity contribution in [3.05, 3.63) is 87.7 Å². The predicted molar refractivity (Wildman–Crippen MR) is 139 cm³/mol. The highest BCUT2D eigenvalue weighted by molar-refractivity contribution is 7.80. The minimum atomic E-state index is -0.543. The average molecular weight is 488 g/mol. The van der Waals surface area contributed by atoms with Crippen LogP contribution in [0.15, 0.2) is 54.1 Å². The highest BCUT2D eigenvalue weighted by atomic mass is 32.1. The van der Waals surface area contributed by atoms with Crippen molar-refractivity contribution in [2.75, 3.05) is 12.0 Å². The van der Waals surface area contributed by atoms with E-state index >= 15 is 0 Å². The van der Waals surface area contributed by atoms with Gasteiger partial charge in [-0.1, -0.05) is 24.3 Å². The highest BCUT2D eigenvalue weighted by Gasteiger charge is 2.35. The van der Waals surface area contributed by atoms with E-state index in [-0.39, 0.29) is 10.7 Å². The number of aromatic nitrogens is 1. The van der Waals surface area contributed by atoms with E-state index in [0.29, 0.717) is 16.8 Å². The van der Waals surface area contributed by atoms with Gasteiger partial charge in [0.15, 0.2) is 5.11 Å². The number of hydrogen-bond donors (Lipinski definition) is 1. The highest BCUT2D eigenvalue weighted by Crippen LogP contribution is 2.29. The van der Waals surface area contributed by atoms with Crippen molar-refractivity contribution in [1.82, 2.24) is 9.88 Å². The number of thiocarbonyl (C=S) groups is 1. The lowest BCUT2D eigenvalue weighted by molar-refractivity contribution is -0.122. The second-order valence-corrected chi connectivity index (χ2v) is 8.73. The van der Waals surface area contributed by atoms with Crippen LogP contribution in [-0.4, -0.2) is 34.6 Å². The molecule has 1 saturated heterocycles. The van der Waals surface area contributed by atoms with Crippen LogP contribution in [0.5, 0.6) is 0 Å². The average Bonchev–Trinajstić information content (AvgIpc) is 3.10. The number of benzene rings is 2. The van der Waals surface area contributed by atoms with Crippen LogP contribution in [0, 0.1) is 27.7 Å². The maximum absolute atomic E-state index is 13.4.